The number of hydrogen-bond donors (Lipinski definition) is 0. The van der Waals surface area contributed by atoms with Crippen molar-refractivity contribution in [1.29, 1.82) is 0 Å². The zero-order valence-electron chi connectivity index (χ0n) is 14.8. The Morgan fingerprint density at radius 1 is 1.00 bits per heavy atom. The monoisotopic (exact) mass is 364 g/mol. The minimum Gasteiger partial charge on any atom is -0.497 e. The highest BCUT2D eigenvalue weighted by atomic mass is 16.5. The van der Waals surface area contributed by atoms with Gasteiger partial charge >= 0.3 is 0 Å². The SMILES string of the molecule is COc1ccc2c(c1)OC/C(=C\c1coc3ccc(OC)cc3c1=O)C2=O. The second-order valence-corrected chi connectivity index (χ2v) is 6.03. The van der Waals surface area contributed by atoms with Gasteiger partial charge in [-0.05, 0) is 36.4 Å². The van der Waals surface area contributed by atoms with Gasteiger partial charge in [0.25, 0.3) is 0 Å². The Labute approximate surface area is 154 Å². The minimum atomic E-state index is -0.240. The van der Waals surface area contributed by atoms with E-state index in [1.54, 1.807) is 43.5 Å². The first-order chi connectivity index (χ1) is 13.1. The van der Waals surface area contributed by atoms with Gasteiger partial charge in [0.05, 0.1) is 30.7 Å². The molecule has 0 amide bonds. The van der Waals surface area contributed by atoms with Crippen LogP contribution in [0.25, 0.3) is 17.0 Å². The first-order valence-electron chi connectivity index (χ1n) is 8.26. The van der Waals surface area contributed by atoms with E-state index < -0.39 is 0 Å². The molecule has 6 nitrogen and oxygen atoms in total. The van der Waals surface area contributed by atoms with Crippen molar-refractivity contribution < 1.29 is 23.4 Å². The summed E-state index contributed by atoms with van der Waals surface area (Å²) < 4.78 is 21.5. The summed E-state index contributed by atoms with van der Waals surface area (Å²) in [6, 6.07) is 10.0. The van der Waals surface area contributed by atoms with E-state index in [1.807, 2.05) is 0 Å². The van der Waals surface area contributed by atoms with E-state index >= 15 is 0 Å². The highest BCUT2D eigenvalue weighted by molar-refractivity contribution is 6.14. The fourth-order valence-corrected chi connectivity index (χ4v) is 2.98. The Morgan fingerprint density at radius 2 is 1.74 bits per heavy atom. The van der Waals surface area contributed by atoms with E-state index in [1.165, 1.54) is 19.4 Å². The van der Waals surface area contributed by atoms with Gasteiger partial charge < -0.3 is 18.6 Å². The quantitative estimate of drug-likeness (QED) is 0.663. The summed E-state index contributed by atoms with van der Waals surface area (Å²) in [7, 11) is 3.07. The molecule has 0 aliphatic carbocycles. The van der Waals surface area contributed by atoms with Crippen molar-refractivity contribution in [3.8, 4) is 17.2 Å². The summed E-state index contributed by atoms with van der Waals surface area (Å²) in [5.41, 5.74) is 1.30. The molecule has 0 radical (unpaired) electrons. The minimum absolute atomic E-state index is 0.0641. The molecule has 1 aliphatic rings. The fourth-order valence-electron chi connectivity index (χ4n) is 2.98. The number of carbonyl (C=O) groups excluding carboxylic acids is 1. The molecule has 0 fully saturated rings. The predicted molar refractivity (Wildman–Crippen MR) is 99.8 cm³/mol. The Bertz CT molecular complexity index is 1140. The van der Waals surface area contributed by atoms with Crippen LogP contribution in [0.5, 0.6) is 17.2 Å². The molecule has 2 aromatic carbocycles. The zero-order chi connectivity index (χ0) is 19.0. The average Bonchev–Trinajstić information content (AvgIpc) is 2.71. The van der Waals surface area contributed by atoms with Crippen molar-refractivity contribution in [2.75, 3.05) is 20.8 Å². The molecule has 0 saturated heterocycles. The maximum Gasteiger partial charge on any atom is 0.200 e. The van der Waals surface area contributed by atoms with Crippen molar-refractivity contribution >= 4 is 22.8 Å². The molecule has 0 unspecified atom stereocenters. The van der Waals surface area contributed by atoms with Gasteiger partial charge in [-0.25, -0.2) is 0 Å². The summed E-state index contributed by atoms with van der Waals surface area (Å²) in [5, 5.41) is 0.387. The molecule has 27 heavy (non-hydrogen) atoms. The smallest absolute Gasteiger partial charge is 0.200 e. The molecular formula is C21H16O6. The predicted octanol–water partition coefficient (Wildman–Crippen LogP) is 3.47. The third-order valence-corrected chi connectivity index (χ3v) is 4.44. The molecule has 0 atom stereocenters. The van der Waals surface area contributed by atoms with Crippen molar-refractivity contribution in [2.45, 2.75) is 0 Å². The number of ketones is 1. The molecule has 6 heteroatoms. The van der Waals surface area contributed by atoms with E-state index in [0.29, 0.717) is 39.4 Å². The maximum absolute atomic E-state index is 12.8. The third-order valence-electron chi connectivity index (χ3n) is 4.44. The highest BCUT2D eigenvalue weighted by Crippen LogP contribution is 2.31. The molecule has 1 aliphatic heterocycles. The summed E-state index contributed by atoms with van der Waals surface area (Å²) in [6.07, 6.45) is 2.86. The number of hydrogen-bond acceptors (Lipinski definition) is 6. The van der Waals surface area contributed by atoms with E-state index in [9.17, 15) is 9.59 Å². The van der Waals surface area contributed by atoms with Crippen LogP contribution in [0.4, 0.5) is 0 Å². The number of ether oxygens (including phenoxy) is 3. The Balaban J connectivity index is 1.76. The molecule has 136 valence electrons. The first kappa shape index (κ1) is 16.9. The van der Waals surface area contributed by atoms with Crippen LogP contribution in [0.2, 0.25) is 0 Å². The summed E-state index contributed by atoms with van der Waals surface area (Å²) in [4.78, 5) is 25.5. The van der Waals surface area contributed by atoms with Gasteiger partial charge in [-0.15, -0.1) is 0 Å². The molecule has 0 spiro atoms. The fraction of sp³-hybridized carbons (Fsp3) is 0.143. The number of benzene rings is 2. The molecule has 4 rings (SSSR count). The molecule has 3 aromatic rings. The van der Waals surface area contributed by atoms with Crippen molar-refractivity contribution in [3.05, 3.63) is 69.6 Å². The van der Waals surface area contributed by atoms with Crippen LogP contribution < -0.4 is 19.6 Å². The third kappa shape index (κ3) is 2.95. The van der Waals surface area contributed by atoms with Crippen LogP contribution in [0.15, 0.2) is 57.4 Å². The van der Waals surface area contributed by atoms with Crippen molar-refractivity contribution in [3.63, 3.8) is 0 Å². The number of rotatable bonds is 3. The zero-order valence-corrected chi connectivity index (χ0v) is 14.8. The number of methoxy groups -OCH3 is 2. The second kappa shape index (κ2) is 6.64. The number of fused-ring (bicyclic) bond motifs is 2. The van der Waals surface area contributed by atoms with E-state index in [2.05, 4.69) is 0 Å². The lowest BCUT2D eigenvalue weighted by Gasteiger charge is -2.19. The van der Waals surface area contributed by atoms with Crippen molar-refractivity contribution in [1.82, 2.24) is 0 Å². The standard InChI is InChI=1S/C21H16O6/c1-24-14-4-6-18-17(8-14)21(23)13(10-26-18)7-12-11-27-19-9-15(25-2)3-5-16(19)20(12)22/h3-10H,11H2,1-2H3/b12-7+. The molecule has 0 saturated carbocycles. The highest BCUT2D eigenvalue weighted by Gasteiger charge is 2.24. The van der Waals surface area contributed by atoms with Crippen LogP contribution in [0.1, 0.15) is 15.9 Å². The summed E-state index contributed by atoms with van der Waals surface area (Å²) in [6.45, 7) is 0.0641. The Morgan fingerprint density at radius 3 is 2.52 bits per heavy atom. The van der Waals surface area contributed by atoms with E-state index in [0.717, 1.165) is 0 Å². The van der Waals surface area contributed by atoms with E-state index in [4.69, 9.17) is 18.6 Å². The van der Waals surface area contributed by atoms with Gasteiger partial charge in [0.1, 0.15) is 35.7 Å². The lowest BCUT2D eigenvalue weighted by molar-refractivity contribution is 0.100. The lowest BCUT2D eigenvalue weighted by Crippen LogP contribution is -2.19. The molecule has 1 aromatic heterocycles. The van der Waals surface area contributed by atoms with Crippen LogP contribution in [-0.4, -0.2) is 26.6 Å². The van der Waals surface area contributed by atoms with Crippen LogP contribution in [0.3, 0.4) is 0 Å². The molecular weight excluding hydrogens is 348 g/mol. The Hall–Kier alpha value is -3.54. The van der Waals surface area contributed by atoms with Crippen LogP contribution in [-0.2, 0) is 0 Å². The summed E-state index contributed by atoms with van der Waals surface area (Å²) >= 11 is 0. The molecule has 2 heterocycles. The van der Waals surface area contributed by atoms with Gasteiger partial charge in [0.15, 0.2) is 11.2 Å². The van der Waals surface area contributed by atoms with Gasteiger partial charge in [0.2, 0.25) is 0 Å². The normalized spacial score (nSPS) is 14.7. The van der Waals surface area contributed by atoms with Gasteiger partial charge in [-0.2, -0.15) is 0 Å². The van der Waals surface area contributed by atoms with E-state index in [-0.39, 0.29) is 23.4 Å². The van der Waals surface area contributed by atoms with Crippen molar-refractivity contribution in [2.24, 2.45) is 0 Å². The van der Waals surface area contributed by atoms with Crippen LogP contribution in [0, 0.1) is 0 Å². The first-order valence-corrected chi connectivity index (χ1v) is 8.26. The number of Topliss-reactive ketones (excluding diaryl/α,β-unsaturated/α-hetero) is 1. The summed E-state index contributed by atoms with van der Waals surface area (Å²) in [5.74, 6) is 1.44. The van der Waals surface area contributed by atoms with Gasteiger partial charge in [0, 0.05) is 11.6 Å². The second-order valence-electron chi connectivity index (χ2n) is 6.03. The van der Waals surface area contributed by atoms with Crippen LogP contribution >= 0.6 is 0 Å². The average molecular weight is 364 g/mol. The van der Waals surface area contributed by atoms with Gasteiger partial charge in [-0.3, -0.25) is 9.59 Å². The largest absolute Gasteiger partial charge is 0.497 e. The topological polar surface area (TPSA) is 75.0 Å². The molecule has 0 N–H and O–H groups in total. The number of carbonyl (C=O) groups is 1. The Kier molecular flexibility index (Phi) is 4.16. The lowest BCUT2D eigenvalue weighted by atomic mass is 9.98. The van der Waals surface area contributed by atoms with Gasteiger partial charge in [-0.1, -0.05) is 0 Å². The maximum atomic E-state index is 12.8. The molecule has 0 bridgehead atoms.